The second-order valence-electron chi connectivity index (χ2n) is 3.02. The molecule has 0 saturated carbocycles. The SMILES string of the molecule is CCCCC1=CCC=CC=C=C1. The van der Waals surface area contributed by atoms with E-state index in [0.29, 0.717) is 0 Å². The van der Waals surface area contributed by atoms with E-state index in [0.717, 1.165) is 6.42 Å². The number of allylic oxidation sites excluding steroid dienone is 5. The van der Waals surface area contributed by atoms with Crippen LogP contribution in [0.2, 0.25) is 0 Å². The van der Waals surface area contributed by atoms with Gasteiger partial charge in [0, 0.05) is 0 Å². The van der Waals surface area contributed by atoms with E-state index in [1.54, 1.807) is 0 Å². The third kappa shape index (κ3) is 3.41. The second-order valence-corrected chi connectivity index (χ2v) is 3.02. The normalized spacial score (nSPS) is 15.6. The zero-order valence-electron chi connectivity index (χ0n) is 7.72. The third-order valence-corrected chi connectivity index (χ3v) is 1.93. The summed E-state index contributed by atoms with van der Waals surface area (Å²) in [7, 11) is 0. The Bertz CT molecular complexity index is 235. The van der Waals surface area contributed by atoms with E-state index in [1.165, 1.54) is 24.8 Å². The summed E-state index contributed by atoms with van der Waals surface area (Å²) in [5, 5.41) is 0. The van der Waals surface area contributed by atoms with Crippen molar-refractivity contribution in [2.45, 2.75) is 32.6 Å². The molecule has 0 spiro atoms. The Kier molecular flexibility index (Phi) is 4.26. The summed E-state index contributed by atoms with van der Waals surface area (Å²) in [6.07, 6.45) is 15.4. The summed E-state index contributed by atoms with van der Waals surface area (Å²) < 4.78 is 0. The lowest BCUT2D eigenvalue weighted by Crippen LogP contribution is -1.79. The molecule has 12 heavy (non-hydrogen) atoms. The molecule has 0 aromatic carbocycles. The highest BCUT2D eigenvalue weighted by molar-refractivity contribution is 5.23. The Morgan fingerprint density at radius 2 is 2.42 bits per heavy atom. The van der Waals surface area contributed by atoms with Gasteiger partial charge in [0.15, 0.2) is 0 Å². The van der Waals surface area contributed by atoms with Crippen molar-refractivity contribution in [1.82, 2.24) is 0 Å². The zero-order chi connectivity index (χ0) is 8.65. The number of hydrogen-bond acceptors (Lipinski definition) is 0. The van der Waals surface area contributed by atoms with Crippen LogP contribution in [-0.2, 0) is 0 Å². The van der Waals surface area contributed by atoms with Crippen LogP contribution in [0.25, 0.3) is 0 Å². The zero-order valence-corrected chi connectivity index (χ0v) is 7.72. The first-order chi connectivity index (χ1) is 5.93. The highest BCUT2D eigenvalue weighted by atomic mass is 14.0. The summed E-state index contributed by atoms with van der Waals surface area (Å²) in [4.78, 5) is 0. The maximum atomic E-state index is 3.14. The van der Waals surface area contributed by atoms with E-state index in [9.17, 15) is 0 Å². The minimum absolute atomic E-state index is 1.06. The average molecular weight is 160 g/mol. The smallest absolute Gasteiger partial charge is 0.0160 e. The topological polar surface area (TPSA) is 0 Å². The van der Waals surface area contributed by atoms with Crippen molar-refractivity contribution >= 4 is 0 Å². The highest BCUT2D eigenvalue weighted by Gasteiger charge is 1.91. The van der Waals surface area contributed by atoms with E-state index in [2.05, 4.69) is 30.9 Å². The summed E-state index contributed by atoms with van der Waals surface area (Å²) >= 11 is 0. The molecule has 0 bridgehead atoms. The quantitative estimate of drug-likeness (QED) is 0.551. The van der Waals surface area contributed by atoms with Crippen LogP contribution in [0.1, 0.15) is 32.6 Å². The summed E-state index contributed by atoms with van der Waals surface area (Å²) in [6, 6.07) is 0. The van der Waals surface area contributed by atoms with Crippen molar-refractivity contribution in [3.05, 3.63) is 41.7 Å². The second kappa shape index (κ2) is 5.62. The lowest BCUT2D eigenvalue weighted by Gasteiger charge is -1.99. The number of hydrogen-bond donors (Lipinski definition) is 0. The molecule has 0 amide bonds. The Balaban J connectivity index is 2.52. The Morgan fingerprint density at radius 3 is 3.25 bits per heavy atom. The van der Waals surface area contributed by atoms with Gasteiger partial charge >= 0.3 is 0 Å². The molecule has 0 heteroatoms. The molecule has 0 saturated heterocycles. The minimum Gasteiger partial charge on any atom is -0.121 e. The minimum atomic E-state index is 1.06. The molecule has 0 radical (unpaired) electrons. The van der Waals surface area contributed by atoms with Crippen LogP contribution in [-0.4, -0.2) is 0 Å². The van der Waals surface area contributed by atoms with Gasteiger partial charge in [-0.05, 0) is 37.0 Å². The Hall–Kier alpha value is -1.00. The van der Waals surface area contributed by atoms with E-state index >= 15 is 0 Å². The first kappa shape index (κ1) is 9.09. The van der Waals surface area contributed by atoms with E-state index in [4.69, 9.17) is 0 Å². The summed E-state index contributed by atoms with van der Waals surface area (Å²) in [5.74, 6) is 0. The van der Waals surface area contributed by atoms with Gasteiger partial charge in [-0.25, -0.2) is 0 Å². The van der Waals surface area contributed by atoms with Crippen LogP contribution in [0.4, 0.5) is 0 Å². The lowest BCUT2D eigenvalue weighted by molar-refractivity contribution is 0.796. The molecule has 0 atom stereocenters. The van der Waals surface area contributed by atoms with Crippen LogP contribution in [0.5, 0.6) is 0 Å². The molecule has 1 aliphatic rings. The van der Waals surface area contributed by atoms with Gasteiger partial charge < -0.3 is 0 Å². The molecule has 1 rings (SSSR count). The molecule has 0 nitrogen and oxygen atoms in total. The lowest BCUT2D eigenvalue weighted by atomic mass is 10.1. The predicted octanol–water partition coefficient (Wildman–Crippen LogP) is 3.77. The number of rotatable bonds is 3. The van der Waals surface area contributed by atoms with Crippen molar-refractivity contribution in [1.29, 1.82) is 0 Å². The Labute approximate surface area is 75.0 Å². The number of unbranched alkanes of at least 4 members (excludes halogenated alkanes) is 1. The van der Waals surface area contributed by atoms with Gasteiger partial charge in [0.25, 0.3) is 0 Å². The average Bonchev–Trinajstić information content (AvgIpc) is 2.02. The van der Waals surface area contributed by atoms with Crippen molar-refractivity contribution < 1.29 is 0 Å². The standard InChI is InChI=1S/C12H16/c1-2-3-9-12-10-7-5-4-6-8-11-12/h4-6,10-11H,2-3,7,9H2,1H3. The van der Waals surface area contributed by atoms with Gasteiger partial charge in [-0.2, -0.15) is 0 Å². The Morgan fingerprint density at radius 1 is 1.50 bits per heavy atom. The molecule has 0 heterocycles. The molecule has 0 unspecified atom stereocenters. The third-order valence-electron chi connectivity index (χ3n) is 1.93. The fourth-order valence-electron chi connectivity index (χ4n) is 1.19. The molecule has 1 aliphatic carbocycles. The molecule has 64 valence electrons. The van der Waals surface area contributed by atoms with Gasteiger partial charge in [0.2, 0.25) is 0 Å². The van der Waals surface area contributed by atoms with Crippen LogP contribution in [0, 0.1) is 0 Å². The van der Waals surface area contributed by atoms with Crippen molar-refractivity contribution in [2.75, 3.05) is 0 Å². The van der Waals surface area contributed by atoms with E-state index in [1.807, 2.05) is 12.2 Å². The fraction of sp³-hybridized carbons (Fsp3) is 0.417. The van der Waals surface area contributed by atoms with E-state index in [-0.39, 0.29) is 0 Å². The summed E-state index contributed by atoms with van der Waals surface area (Å²) in [5.41, 5.74) is 4.57. The molecule has 0 fully saturated rings. The molecule has 0 N–H and O–H groups in total. The van der Waals surface area contributed by atoms with Crippen molar-refractivity contribution in [2.24, 2.45) is 0 Å². The highest BCUT2D eigenvalue weighted by Crippen LogP contribution is 2.10. The predicted molar refractivity (Wildman–Crippen MR) is 54.0 cm³/mol. The molecule has 0 aromatic heterocycles. The maximum Gasteiger partial charge on any atom is -0.0160 e. The largest absolute Gasteiger partial charge is 0.121 e. The molecular formula is C12H16. The van der Waals surface area contributed by atoms with Crippen LogP contribution < -0.4 is 0 Å². The van der Waals surface area contributed by atoms with Gasteiger partial charge in [0.05, 0.1) is 0 Å². The van der Waals surface area contributed by atoms with Crippen LogP contribution in [0.3, 0.4) is 0 Å². The fourth-order valence-corrected chi connectivity index (χ4v) is 1.19. The van der Waals surface area contributed by atoms with Gasteiger partial charge in [0.1, 0.15) is 0 Å². The van der Waals surface area contributed by atoms with Gasteiger partial charge in [-0.15, -0.1) is 5.73 Å². The van der Waals surface area contributed by atoms with Crippen molar-refractivity contribution in [3.63, 3.8) is 0 Å². The monoisotopic (exact) mass is 160 g/mol. The van der Waals surface area contributed by atoms with Gasteiger partial charge in [-0.1, -0.05) is 31.6 Å². The first-order valence-electron chi connectivity index (χ1n) is 4.70. The first-order valence-corrected chi connectivity index (χ1v) is 4.70. The molecule has 0 aliphatic heterocycles. The van der Waals surface area contributed by atoms with Crippen LogP contribution >= 0.6 is 0 Å². The van der Waals surface area contributed by atoms with Gasteiger partial charge in [-0.3, -0.25) is 0 Å². The van der Waals surface area contributed by atoms with Crippen molar-refractivity contribution in [3.8, 4) is 0 Å². The maximum absolute atomic E-state index is 3.14. The molecular weight excluding hydrogens is 144 g/mol. The molecule has 0 aromatic rings. The van der Waals surface area contributed by atoms with Crippen LogP contribution in [0.15, 0.2) is 41.7 Å². The summed E-state index contributed by atoms with van der Waals surface area (Å²) in [6.45, 7) is 2.23. The van der Waals surface area contributed by atoms with E-state index < -0.39 is 0 Å².